The molecule has 0 bridgehead atoms. The highest BCUT2D eigenvalue weighted by molar-refractivity contribution is 7.89. The SMILES string of the molecule is CCS(=O)(=O)N1CCN(C(=O)CCC2CCCCC2)CC1. The van der Waals surface area contributed by atoms with Crippen molar-refractivity contribution < 1.29 is 13.2 Å². The van der Waals surface area contributed by atoms with E-state index in [9.17, 15) is 13.2 Å². The first-order chi connectivity index (χ1) is 10.0. The molecule has 5 nitrogen and oxygen atoms in total. The minimum atomic E-state index is -3.10. The van der Waals surface area contributed by atoms with Crippen LogP contribution < -0.4 is 0 Å². The van der Waals surface area contributed by atoms with Gasteiger partial charge in [-0.25, -0.2) is 8.42 Å². The van der Waals surface area contributed by atoms with Crippen molar-refractivity contribution in [1.82, 2.24) is 9.21 Å². The van der Waals surface area contributed by atoms with Crippen molar-refractivity contribution in [3.63, 3.8) is 0 Å². The number of hydrogen-bond donors (Lipinski definition) is 0. The van der Waals surface area contributed by atoms with Gasteiger partial charge in [-0.05, 0) is 19.3 Å². The number of hydrogen-bond acceptors (Lipinski definition) is 3. The molecule has 0 atom stereocenters. The van der Waals surface area contributed by atoms with Gasteiger partial charge in [-0.3, -0.25) is 4.79 Å². The van der Waals surface area contributed by atoms with Crippen LogP contribution in [-0.2, 0) is 14.8 Å². The molecule has 6 heteroatoms. The topological polar surface area (TPSA) is 57.7 Å². The fourth-order valence-corrected chi connectivity index (χ4v) is 4.44. The molecule has 1 saturated carbocycles. The van der Waals surface area contributed by atoms with Crippen LogP contribution in [0.15, 0.2) is 0 Å². The number of piperazine rings is 1. The Morgan fingerprint density at radius 1 is 1.05 bits per heavy atom. The second kappa shape index (κ2) is 7.58. The minimum Gasteiger partial charge on any atom is -0.340 e. The Morgan fingerprint density at radius 3 is 2.24 bits per heavy atom. The van der Waals surface area contributed by atoms with E-state index in [1.54, 1.807) is 6.92 Å². The van der Waals surface area contributed by atoms with Crippen LogP contribution in [0.25, 0.3) is 0 Å². The summed E-state index contributed by atoms with van der Waals surface area (Å²) in [7, 11) is -3.10. The molecular formula is C15H28N2O3S. The smallest absolute Gasteiger partial charge is 0.222 e. The molecule has 0 N–H and O–H groups in total. The summed E-state index contributed by atoms with van der Waals surface area (Å²) in [6.07, 6.45) is 8.15. The molecule has 0 aromatic rings. The van der Waals surface area contributed by atoms with E-state index < -0.39 is 10.0 Å². The maximum Gasteiger partial charge on any atom is 0.222 e. The van der Waals surface area contributed by atoms with Crippen LogP contribution in [-0.4, -0.2) is 55.5 Å². The van der Waals surface area contributed by atoms with Crippen molar-refractivity contribution in [2.24, 2.45) is 5.92 Å². The molecule has 0 aromatic carbocycles. The lowest BCUT2D eigenvalue weighted by molar-refractivity contribution is -0.132. The predicted molar refractivity (Wildman–Crippen MR) is 83.4 cm³/mol. The zero-order valence-electron chi connectivity index (χ0n) is 13.1. The lowest BCUT2D eigenvalue weighted by Gasteiger charge is -2.34. The summed E-state index contributed by atoms with van der Waals surface area (Å²) in [5.74, 6) is 1.07. The molecule has 1 amide bonds. The van der Waals surface area contributed by atoms with Gasteiger partial charge in [0.05, 0.1) is 5.75 Å². The third-order valence-corrected chi connectivity index (χ3v) is 6.72. The van der Waals surface area contributed by atoms with Gasteiger partial charge in [-0.15, -0.1) is 0 Å². The zero-order valence-corrected chi connectivity index (χ0v) is 13.9. The summed E-state index contributed by atoms with van der Waals surface area (Å²) in [5, 5.41) is 0. The molecule has 122 valence electrons. The maximum absolute atomic E-state index is 12.2. The quantitative estimate of drug-likeness (QED) is 0.777. The molecule has 0 spiro atoms. The maximum atomic E-state index is 12.2. The van der Waals surface area contributed by atoms with Gasteiger partial charge in [0.15, 0.2) is 0 Å². The average Bonchev–Trinajstić information content (AvgIpc) is 2.53. The fraction of sp³-hybridized carbons (Fsp3) is 0.933. The number of sulfonamides is 1. The molecule has 0 unspecified atom stereocenters. The van der Waals surface area contributed by atoms with Gasteiger partial charge < -0.3 is 4.90 Å². The predicted octanol–water partition coefficient (Wildman–Crippen LogP) is 1.84. The molecule has 21 heavy (non-hydrogen) atoms. The van der Waals surface area contributed by atoms with Crippen LogP contribution in [0.3, 0.4) is 0 Å². The highest BCUT2D eigenvalue weighted by atomic mass is 32.2. The summed E-state index contributed by atoms with van der Waals surface area (Å²) in [6.45, 7) is 3.65. The number of carbonyl (C=O) groups excluding carboxylic acids is 1. The van der Waals surface area contributed by atoms with E-state index in [0.717, 1.165) is 12.3 Å². The summed E-state index contributed by atoms with van der Waals surface area (Å²) < 4.78 is 25.1. The van der Waals surface area contributed by atoms with E-state index in [1.807, 2.05) is 4.90 Å². The third-order valence-electron chi connectivity index (χ3n) is 4.84. The molecule has 1 aliphatic carbocycles. The monoisotopic (exact) mass is 316 g/mol. The van der Waals surface area contributed by atoms with Crippen molar-refractivity contribution in [2.45, 2.75) is 51.9 Å². The first kappa shape index (κ1) is 16.7. The standard InChI is InChI=1S/C15H28N2O3S/c1-2-21(19,20)17-12-10-16(11-13-17)15(18)9-8-14-6-4-3-5-7-14/h14H,2-13H2,1H3. The van der Waals surface area contributed by atoms with Crippen LogP contribution in [0.5, 0.6) is 0 Å². The van der Waals surface area contributed by atoms with Crippen molar-refractivity contribution in [1.29, 1.82) is 0 Å². The number of amides is 1. The van der Waals surface area contributed by atoms with E-state index in [1.165, 1.54) is 36.4 Å². The van der Waals surface area contributed by atoms with Crippen LogP contribution in [0, 0.1) is 5.92 Å². The molecule has 0 radical (unpaired) electrons. The largest absolute Gasteiger partial charge is 0.340 e. The molecule has 1 heterocycles. The Hall–Kier alpha value is -0.620. The van der Waals surface area contributed by atoms with Crippen LogP contribution in [0.4, 0.5) is 0 Å². The normalized spacial score (nSPS) is 22.4. The van der Waals surface area contributed by atoms with Crippen LogP contribution >= 0.6 is 0 Å². The molecular weight excluding hydrogens is 288 g/mol. The molecule has 0 aromatic heterocycles. The Labute approximate surface area is 128 Å². The minimum absolute atomic E-state index is 0.141. The third kappa shape index (κ3) is 4.68. The second-order valence-corrected chi connectivity index (χ2v) is 8.48. The van der Waals surface area contributed by atoms with E-state index in [0.29, 0.717) is 32.6 Å². The van der Waals surface area contributed by atoms with Gasteiger partial charge in [0, 0.05) is 32.6 Å². The fourth-order valence-electron chi connectivity index (χ4n) is 3.36. The highest BCUT2D eigenvalue weighted by Gasteiger charge is 2.27. The molecule has 2 fully saturated rings. The Kier molecular flexibility index (Phi) is 6.05. The van der Waals surface area contributed by atoms with Crippen molar-refractivity contribution in [3.05, 3.63) is 0 Å². The summed E-state index contributed by atoms with van der Waals surface area (Å²) in [6, 6.07) is 0. The Bertz CT molecular complexity index is 436. The zero-order chi connectivity index (χ0) is 15.3. The molecule has 1 aliphatic heterocycles. The van der Waals surface area contributed by atoms with Crippen LogP contribution in [0.1, 0.15) is 51.9 Å². The average molecular weight is 316 g/mol. The molecule has 2 aliphatic rings. The van der Waals surface area contributed by atoms with Gasteiger partial charge >= 0.3 is 0 Å². The lowest BCUT2D eigenvalue weighted by Crippen LogP contribution is -2.50. The van der Waals surface area contributed by atoms with E-state index in [-0.39, 0.29) is 11.7 Å². The van der Waals surface area contributed by atoms with Gasteiger partial charge in [-0.2, -0.15) is 4.31 Å². The summed E-state index contributed by atoms with van der Waals surface area (Å²) in [5.41, 5.74) is 0. The first-order valence-corrected chi connectivity index (χ1v) is 9.89. The molecule has 2 rings (SSSR count). The van der Waals surface area contributed by atoms with Gasteiger partial charge in [0.2, 0.25) is 15.9 Å². The second-order valence-electron chi connectivity index (χ2n) is 6.22. The summed E-state index contributed by atoms with van der Waals surface area (Å²) in [4.78, 5) is 14.1. The Balaban J connectivity index is 1.72. The van der Waals surface area contributed by atoms with E-state index in [4.69, 9.17) is 0 Å². The van der Waals surface area contributed by atoms with Crippen LogP contribution in [0.2, 0.25) is 0 Å². The number of rotatable bonds is 5. The van der Waals surface area contributed by atoms with Gasteiger partial charge in [0.1, 0.15) is 0 Å². The number of carbonyl (C=O) groups is 1. The van der Waals surface area contributed by atoms with Crippen molar-refractivity contribution >= 4 is 15.9 Å². The molecule has 1 saturated heterocycles. The van der Waals surface area contributed by atoms with E-state index >= 15 is 0 Å². The first-order valence-electron chi connectivity index (χ1n) is 8.28. The highest BCUT2D eigenvalue weighted by Crippen LogP contribution is 2.27. The van der Waals surface area contributed by atoms with Gasteiger partial charge in [0.25, 0.3) is 0 Å². The van der Waals surface area contributed by atoms with Crippen molar-refractivity contribution in [2.75, 3.05) is 31.9 Å². The lowest BCUT2D eigenvalue weighted by atomic mass is 9.86. The van der Waals surface area contributed by atoms with Crippen molar-refractivity contribution in [3.8, 4) is 0 Å². The number of nitrogens with zero attached hydrogens (tertiary/aromatic N) is 2. The summed E-state index contributed by atoms with van der Waals surface area (Å²) >= 11 is 0. The Morgan fingerprint density at radius 2 is 1.67 bits per heavy atom. The van der Waals surface area contributed by atoms with Gasteiger partial charge in [-0.1, -0.05) is 32.1 Å². The van der Waals surface area contributed by atoms with E-state index in [2.05, 4.69) is 0 Å².